The highest BCUT2D eigenvalue weighted by molar-refractivity contribution is 5.95. The number of benzene rings is 1. The molecule has 6 nitrogen and oxygen atoms in total. The van der Waals surface area contributed by atoms with Crippen molar-refractivity contribution in [3.8, 4) is 11.3 Å². The van der Waals surface area contributed by atoms with Gasteiger partial charge in [-0.25, -0.2) is 4.98 Å². The predicted octanol–water partition coefficient (Wildman–Crippen LogP) is 2.40. The minimum absolute atomic E-state index is 0.0939. The summed E-state index contributed by atoms with van der Waals surface area (Å²) < 4.78 is 2.06. The number of nitrogens with two attached hydrogens (primary N) is 1. The number of nitrogens with one attached hydrogen (secondary N) is 1. The lowest BCUT2D eigenvalue weighted by molar-refractivity contribution is 0.0952. The molecule has 26 heavy (non-hydrogen) atoms. The van der Waals surface area contributed by atoms with E-state index in [0.717, 1.165) is 29.1 Å². The lowest BCUT2D eigenvalue weighted by atomic mass is 10.1. The number of carbonyl (C=O) groups excluding carboxylic acids is 1. The average molecular weight is 349 g/mol. The van der Waals surface area contributed by atoms with Gasteiger partial charge in [-0.1, -0.05) is 25.1 Å². The van der Waals surface area contributed by atoms with E-state index < -0.39 is 0 Å². The second-order valence-electron chi connectivity index (χ2n) is 5.98. The lowest BCUT2D eigenvalue weighted by Crippen LogP contribution is -2.27. The van der Waals surface area contributed by atoms with Crippen LogP contribution in [0.1, 0.15) is 28.7 Å². The number of pyridine rings is 1. The molecule has 1 amide bonds. The number of nitrogens with zero attached hydrogens (tertiary/aromatic N) is 3. The SMILES string of the molecule is CCc1nccn1CCNC(=O)c1cccc(-c2ccc(CN)cn2)c1. The van der Waals surface area contributed by atoms with Gasteiger partial charge in [-0.3, -0.25) is 9.78 Å². The molecule has 0 saturated carbocycles. The fourth-order valence-electron chi connectivity index (χ4n) is 2.79. The smallest absolute Gasteiger partial charge is 0.251 e. The topological polar surface area (TPSA) is 85.8 Å². The number of hydrogen-bond donors (Lipinski definition) is 2. The zero-order valence-electron chi connectivity index (χ0n) is 14.9. The fraction of sp³-hybridized carbons (Fsp3) is 0.250. The summed E-state index contributed by atoms with van der Waals surface area (Å²) in [5, 5.41) is 2.96. The number of imidazole rings is 1. The molecule has 0 bridgehead atoms. The zero-order chi connectivity index (χ0) is 18.4. The molecule has 2 heterocycles. The first-order valence-corrected chi connectivity index (χ1v) is 8.75. The summed E-state index contributed by atoms with van der Waals surface area (Å²) in [5.74, 6) is 0.928. The van der Waals surface area contributed by atoms with E-state index in [9.17, 15) is 4.79 Å². The van der Waals surface area contributed by atoms with Gasteiger partial charge in [-0.2, -0.15) is 0 Å². The van der Waals surface area contributed by atoms with Crippen molar-refractivity contribution >= 4 is 5.91 Å². The van der Waals surface area contributed by atoms with Crippen molar-refractivity contribution in [3.63, 3.8) is 0 Å². The molecule has 0 saturated heterocycles. The van der Waals surface area contributed by atoms with Crippen molar-refractivity contribution in [1.29, 1.82) is 0 Å². The molecular formula is C20H23N5O. The molecule has 0 aliphatic rings. The number of aryl methyl sites for hydroxylation is 1. The first-order valence-electron chi connectivity index (χ1n) is 8.75. The molecule has 3 N–H and O–H groups in total. The number of aromatic nitrogens is 3. The van der Waals surface area contributed by atoms with E-state index in [-0.39, 0.29) is 5.91 Å². The van der Waals surface area contributed by atoms with Crippen molar-refractivity contribution in [1.82, 2.24) is 19.9 Å². The monoisotopic (exact) mass is 349 g/mol. The maximum absolute atomic E-state index is 12.4. The van der Waals surface area contributed by atoms with Gasteiger partial charge in [-0.15, -0.1) is 0 Å². The van der Waals surface area contributed by atoms with Crippen LogP contribution in [0, 0.1) is 0 Å². The van der Waals surface area contributed by atoms with Gasteiger partial charge in [0.2, 0.25) is 0 Å². The summed E-state index contributed by atoms with van der Waals surface area (Å²) in [5.41, 5.74) is 8.93. The Labute approximate surface area is 153 Å². The molecule has 0 atom stereocenters. The minimum Gasteiger partial charge on any atom is -0.350 e. The minimum atomic E-state index is -0.0939. The number of rotatable bonds is 7. The molecule has 0 spiro atoms. The first-order chi connectivity index (χ1) is 12.7. The normalized spacial score (nSPS) is 10.7. The van der Waals surface area contributed by atoms with E-state index >= 15 is 0 Å². The Morgan fingerprint density at radius 2 is 2.12 bits per heavy atom. The molecule has 0 unspecified atom stereocenters. The first kappa shape index (κ1) is 17.8. The van der Waals surface area contributed by atoms with E-state index in [2.05, 4.69) is 26.8 Å². The van der Waals surface area contributed by atoms with Crippen molar-refractivity contribution in [2.24, 2.45) is 5.73 Å². The third-order valence-corrected chi connectivity index (χ3v) is 4.24. The predicted molar refractivity (Wildman–Crippen MR) is 102 cm³/mol. The molecule has 0 aliphatic heterocycles. The lowest BCUT2D eigenvalue weighted by Gasteiger charge is -2.09. The van der Waals surface area contributed by atoms with Crippen LogP contribution in [0.5, 0.6) is 0 Å². The number of amides is 1. The van der Waals surface area contributed by atoms with E-state index in [1.807, 2.05) is 42.6 Å². The van der Waals surface area contributed by atoms with Crippen LogP contribution in [0.25, 0.3) is 11.3 Å². The van der Waals surface area contributed by atoms with Gasteiger partial charge < -0.3 is 15.6 Å². The molecule has 134 valence electrons. The summed E-state index contributed by atoms with van der Waals surface area (Å²) in [6.45, 7) is 3.79. The van der Waals surface area contributed by atoms with Gasteiger partial charge in [0.25, 0.3) is 5.91 Å². The highest BCUT2D eigenvalue weighted by Crippen LogP contribution is 2.18. The molecule has 0 radical (unpaired) electrons. The van der Waals surface area contributed by atoms with Crippen LogP contribution < -0.4 is 11.1 Å². The molecule has 3 aromatic rings. The van der Waals surface area contributed by atoms with Gasteiger partial charge in [0, 0.05) is 55.8 Å². The van der Waals surface area contributed by atoms with Crippen LogP contribution in [0.15, 0.2) is 55.0 Å². The van der Waals surface area contributed by atoms with Gasteiger partial charge in [-0.05, 0) is 23.8 Å². The van der Waals surface area contributed by atoms with Crippen molar-refractivity contribution in [2.75, 3.05) is 6.54 Å². The van der Waals surface area contributed by atoms with Crippen LogP contribution in [0.3, 0.4) is 0 Å². The van der Waals surface area contributed by atoms with Crippen LogP contribution in [-0.4, -0.2) is 27.0 Å². The Balaban J connectivity index is 1.64. The Morgan fingerprint density at radius 3 is 2.85 bits per heavy atom. The highest BCUT2D eigenvalue weighted by atomic mass is 16.1. The second kappa shape index (κ2) is 8.40. The zero-order valence-corrected chi connectivity index (χ0v) is 14.9. The maximum atomic E-state index is 12.4. The van der Waals surface area contributed by atoms with E-state index in [1.165, 1.54) is 0 Å². The second-order valence-corrected chi connectivity index (χ2v) is 5.98. The van der Waals surface area contributed by atoms with Crippen molar-refractivity contribution < 1.29 is 4.79 Å². The summed E-state index contributed by atoms with van der Waals surface area (Å²) in [7, 11) is 0. The average Bonchev–Trinajstić information content (AvgIpc) is 3.15. The summed E-state index contributed by atoms with van der Waals surface area (Å²) in [6, 6.07) is 11.3. The maximum Gasteiger partial charge on any atom is 0.251 e. The van der Waals surface area contributed by atoms with Gasteiger partial charge in [0.1, 0.15) is 5.82 Å². The largest absolute Gasteiger partial charge is 0.350 e. The van der Waals surface area contributed by atoms with E-state index in [0.29, 0.717) is 25.2 Å². The summed E-state index contributed by atoms with van der Waals surface area (Å²) in [4.78, 5) is 21.1. The quantitative estimate of drug-likeness (QED) is 0.686. The molecule has 3 rings (SSSR count). The highest BCUT2D eigenvalue weighted by Gasteiger charge is 2.08. The van der Waals surface area contributed by atoms with Crippen LogP contribution in [0.4, 0.5) is 0 Å². The van der Waals surface area contributed by atoms with E-state index in [1.54, 1.807) is 12.4 Å². The molecule has 2 aromatic heterocycles. The van der Waals surface area contributed by atoms with Crippen LogP contribution >= 0.6 is 0 Å². The third kappa shape index (κ3) is 4.15. The van der Waals surface area contributed by atoms with Crippen molar-refractivity contribution in [3.05, 3.63) is 71.9 Å². The fourth-order valence-corrected chi connectivity index (χ4v) is 2.79. The van der Waals surface area contributed by atoms with Gasteiger partial charge in [0.05, 0.1) is 5.69 Å². The molecular weight excluding hydrogens is 326 g/mol. The van der Waals surface area contributed by atoms with Crippen LogP contribution in [-0.2, 0) is 19.5 Å². The molecule has 1 aromatic carbocycles. The van der Waals surface area contributed by atoms with E-state index in [4.69, 9.17) is 5.73 Å². The Hall–Kier alpha value is -2.99. The Morgan fingerprint density at radius 1 is 1.23 bits per heavy atom. The number of carbonyl (C=O) groups is 1. The summed E-state index contributed by atoms with van der Waals surface area (Å²) >= 11 is 0. The molecule has 0 fully saturated rings. The molecule has 6 heteroatoms. The Bertz CT molecular complexity index is 870. The number of hydrogen-bond acceptors (Lipinski definition) is 4. The van der Waals surface area contributed by atoms with Crippen molar-refractivity contribution in [2.45, 2.75) is 26.4 Å². The molecule has 0 aliphatic carbocycles. The van der Waals surface area contributed by atoms with Gasteiger partial charge >= 0.3 is 0 Å². The summed E-state index contributed by atoms with van der Waals surface area (Å²) in [6.07, 6.45) is 6.35. The van der Waals surface area contributed by atoms with Crippen LogP contribution in [0.2, 0.25) is 0 Å². The van der Waals surface area contributed by atoms with Gasteiger partial charge in [0.15, 0.2) is 0 Å². The standard InChI is InChI=1S/C20H23N5O/c1-2-19-22-8-10-25(19)11-9-23-20(26)17-5-3-4-16(12-17)18-7-6-15(13-21)14-24-18/h3-8,10,12,14H,2,9,11,13,21H2,1H3,(H,23,26). The third-order valence-electron chi connectivity index (χ3n) is 4.24. The Kier molecular flexibility index (Phi) is 5.76.